The topological polar surface area (TPSA) is 32.3 Å². The van der Waals surface area contributed by atoms with Crippen molar-refractivity contribution in [1.29, 1.82) is 0 Å². The van der Waals surface area contributed by atoms with Gasteiger partial charge in [-0.1, -0.05) is 24.3 Å². The predicted octanol–water partition coefficient (Wildman–Crippen LogP) is 4.38. The second kappa shape index (κ2) is 7.12. The number of nitrogens with zero attached hydrogens (tertiary/aromatic N) is 1. The molecular weight excluding hydrogens is 272 g/mol. The summed E-state index contributed by atoms with van der Waals surface area (Å²) in [7, 11) is 0. The zero-order chi connectivity index (χ0) is 16.1. The average molecular weight is 296 g/mol. The third kappa shape index (κ3) is 2.98. The highest BCUT2D eigenvalue weighted by Gasteiger charge is 2.17. The summed E-state index contributed by atoms with van der Waals surface area (Å²) in [6.45, 7) is 10.4. The summed E-state index contributed by atoms with van der Waals surface area (Å²) in [4.78, 5) is 13.3. The van der Waals surface area contributed by atoms with Gasteiger partial charge in [-0.05, 0) is 51.0 Å². The van der Waals surface area contributed by atoms with Gasteiger partial charge < -0.3 is 10.2 Å². The SMILES string of the molecule is CCN(CC)c1cccc(C)c1-c1c(C)cccc1NC=O. The van der Waals surface area contributed by atoms with Crippen molar-refractivity contribution in [3.63, 3.8) is 0 Å². The van der Waals surface area contributed by atoms with Gasteiger partial charge in [0.2, 0.25) is 6.41 Å². The molecule has 0 aromatic heterocycles. The van der Waals surface area contributed by atoms with Gasteiger partial charge in [-0.15, -0.1) is 0 Å². The van der Waals surface area contributed by atoms with Gasteiger partial charge in [0.25, 0.3) is 0 Å². The third-order valence-electron chi connectivity index (χ3n) is 4.09. The van der Waals surface area contributed by atoms with E-state index in [9.17, 15) is 4.79 Å². The number of nitrogens with one attached hydrogen (secondary N) is 1. The molecule has 3 heteroatoms. The molecule has 2 aromatic carbocycles. The third-order valence-corrected chi connectivity index (χ3v) is 4.09. The molecule has 1 N–H and O–H groups in total. The first-order valence-electron chi connectivity index (χ1n) is 7.78. The molecular formula is C19H24N2O. The van der Waals surface area contributed by atoms with Crippen LogP contribution in [-0.4, -0.2) is 19.5 Å². The monoisotopic (exact) mass is 296 g/mol. The van der Waals surface area contributed by atoms with Crippen LogP contribution in [0, 0.1) is 13.8 Å². The van der Waals surface area contributed by atoms with Crippen LogP contribution in [0.4, 0.5) is 11.4 Å². The van der Waals surface area contributed by atoms with Gasteiger partial charge in [-0.2, -0.15) is 0 Å². The molecule has 0 spiro atoms. The Morgan fingerprint density at radius 1 is 0.955 bits per heavy atom. The van der Waals surface area contributed by atoms with Crippen molar-refractivity contribution < 1.29 is 4.79 Å². The molecule has 2 aromatic rings. The van der Waals surface area contributed by atoms with Crippen molar-refractivity contribution in [3.05, 3.63) is 47.5 Å². The van der Waals surface area contributed by atoms with Crippen molar-refractivity contribution >= 4 is 17.8 Å². The Balaban J connectivity index is 2.75. The minimum Gasteiger partial charge on any atom is -0.372 e. The van der Waals surface area contributed by atoms with E-state index in [1.165, 1.54) is 16.8 Å². The van der Waals surface area contributed by atoms with Crippen molar-refractivity contribution in [1.82, 2.24) is 0 Å². The highest BCUT2D eigenvalue weighted by Crippen LogP contribution is 2.39. The Kier molecular flexibility index (Phi) is 5.21. The number of carbonyl (C=O) groups excluding carboxylic acids is 1. The summed E-state index contributed by atoms with van der Waals surface area (Å²) in [5, 5.41) is 2.85. The molecule has 0 aliphatic heterocycles. The summed E-state index contributed by atoms with van der Waals surface area (Å²) in [5.41, 5.74) is 6.76. The van der Waals surface area contributed by atoms with Crippen LogP contribution in [0.15, 0.2) is 36.4 Å². The zero-order valence-electron chi connectivity index (χ0n) is 13.8. The summed E-state index contributed by atoms with van der Waals surface area (Å²) < 4.78 is 0. The van der Waals surface area contributed by atoms with E-state index < -0.39 is 0 Å². The molecule has 0 radical (unpaired) electrons. The van der Waals surface area contributed by atoms with Gasteiger partial charge >= 0.3 is 0 Å². The van der Waals surface area contributed by atoms with Gasteiger partial charge in [0.1, 0.15) is 0 Å². The minimum absolute atomic E-state index is 0.744. The number of hydrogen-bond donors (Lipinski definition) is 1. The van der Waals surface area contributed by atoms with E-state index >= 15 is 0 Å². The Hall–Kier alpha value is -2.29. The van der Waals surface area contributed by atoms with Crippen LogP contribution >= 0.6 is 0 Å². The van der Waals surface area contributed by atoms with Gasteiger partial charge in [-0.25, -0.2) is 0 Å². The molecule has 0 unspecified atom stereocenters. The normalized spacial score (nSPS) is 10.4. The Bertz CT molecular complexity index is 660. The molecule has 1 amide bonds. The fraction of sp³-hybridized carbons (Fsp3) is 0.316. The molecule has 3 nitrogen and oxygen atoms in total. The van der Waals surface area contributed by atoms with Crippen LogP contribution in [-0.2, 0) is 4.79 Å². The van der Waals surface area contributed by atoms with E-state index in [4.69, 9.17) is 0 Å². The van der Waals surface area contributed by atoms with Crippen LogP contribution in [0.25, 0.3) is 11.1 Å². The number of aryl methyl sites for hydroxylation is 2. The summed E-state index contributed by atoms with van der Waals surface area (Å²) in [6, 6.07) is 12.4. The van der Waals surface area contributed by atoms with E-state index in [1.807, 2.05) is 12.1 Å². The van der Waals surface area contributed by atoms with Crippen LogP contribution in [0.3, 0.4) is 0 Å². The Morgan fingerprint density at radius 2 is 1.55 bits per heavy atom. The fourth-order valence-electron chi connectivity index (χ4n) is 2.99. The maximum atomic E-state index is 11.0. The maximum Gasteiger partial charge on any atom is 0.211 e. The van der Waals surface area contributed by atoms with Crippen LogP contribution < -0.4 is 10.2 Å². The molecule has 0 atom stereocenters. The van der Waals surface area contributed by atoms with E-state index in [1.54, 1.807) is 0 Å². The van der Waals surface area contributed by atoms with Gasteiger partial charge in [-0.3, -0.25) is 4.79 Å². The Morgan fingerprint density at radius 3 is 2.14 bits per heavy atom. The lowest BCUT2D eigenvalue weighted by Gasteiger charge is -2.27. The lowest BCUT2D eigenvalue weighted by Crippen LogP contribution is -2.23. The van der Waals surface area contributed by atoms with Crippen LogP contribution in [0.2, 0.25) is 0 Å². The second-order valence-corrected chi connectivity index (χ2v) is 5.40. The molecule has 22 heavy (non-hydrogen) atoms. The first-order valence-corrected chi connectivity index (χ1v) is 7.78. The number of hydrogen-bond acceptors (Lipinski definition) is 2. The molecule has 0 bridgehead atoms. The standard InChI is InChI=1S/C19H24N2O/c1-5-21(6-2)17-12-8-10-15(4)19(17)18-14(3)9-7-11-16(18)20-13-22/h7-13H,5-6H2,1-4H3,(H,20,22). The van der Waals surface area contributed by atoms with Gasteiger partial charge in [0, 0.05) is 35.6 Å². The van der Waals surface area contributed by atoms with Crippen molar-refractivity contribution in [2.75, 3.05) is 23.3 Å². The number of anilines is 2. The number of amides is 1. The maximum absolute atomic E-state index is 11.0. The molecule has 0 heterocycles. The average Bonchev–Trinajstić information content (AvgIpc) is 2.50. The van der Waals surface area contributed by atoms with Crippen molar-refractivity contribution in [2.24, 2.45) is 0 Å². The zero-order valence-corrected chi connectivity index (χ0v) is 13.8. The van der Waals surface area contributed by atoms with E-state index in [0.717, 1.165) is 36.3 Å². The largest absolute Gasteiger partial charge is 0.372 e. The smallest absolute Gasteiger partial charge is 0.211 e. The number of carbonyl (C=O) groups is 1. The highest BCUT2D eigenvalue weighted by molar-refractivity contribution is 5.93. The van der Waals surface area contributed by atoms with E-state index in [2.05, 4.69) is 62.2 Å². The molecule has 116 valence electrons. The molecule has 2 rings (SSSR count). The minimum atomic E-state index is 0.744. The first-order chi connectivity index (χ1) is 10.6. The van der Waals surface area contributed by atoms with Crippen LogP contribution in [0.1, 0.15) is 25.0 Å². The number of benzene rings is 2. The first kappa shape index (κ1) is 16.1. The summed E-state index contributed by atoms with van der Waals surface area (Å²) >= 11 is 0. The molecule has 0 aliphatic rings. The molecule has 0 fully saturated rings. The van der Waals surface area contributed by atoms with Gasteiger partial charge in [0.05, 0.1) is 0 Å². The van der Waals surface area contributed by atoms with Crippen molar-refractivity contribution in [3.8, 4) is 11.1 Å². The lowest BCUT2D eigenvalue weighted by molar-refractivity contribution is -0.105. The van der Waals surface area contributed by atoms with E-state index in [0.29, 0.717) is 0 Å². The fourth-order valence-corrected chi connectivity index (χ4v) is 2.99. The molecule has 0 saturated carbocycles. The quantitative estimate of drug-likeness (QED) is 0.802. The second-order valence-electron chi connectivity index (χ2n) is 5.40. The summed E-state index contributed by atoms with van der Waals surface area (Å²) in [6.07, 6.45) is 0.744. The lowest BCUT2D eigenvalue weighted by atomic mass is 9.92. The van der Waals surface area contributed by atoms with Crippen LogP contribution in [0.5, 0.6) is 0 Å². The Labute approximate surface area is 133 Å². The van der Waals surface area contributed by atoms with E-state index in [-0.39, 0.29) is 0 Å². The predicted molar refractivity (Wildman–Crippen MR) is 94.6 cm³/mol. The molecule has 0 saturated heterocycles. The summed E-state index contributed by atoms with van der Waals surface area (Å²) in [5.74, 6) is 0. The highest BCUT2D eigenvalue weighted by atomic mass is 16.1. The van der Waals surface area contributed by atoms with Gasteiger partial charge in [0.15, 0.2) is 0 Å². The number of rotatable bonds is 6. The molecule has 0 aliphatic carbocycles. The van der Waals surface area contributed by atoms with Crippen molar-refractivity contribution in [2.45, 2.75) is 27.7 Å².